The number of nitriles is 1. The highest BCUT2D eigenvalue weighted by Gasteiger charge is 2.14. The smallest absolute Gasteiger partial charge is 0.201 e. The van der Waals surface area contributed by atoms with Gasteiger partial charge >= 0.3 is 0 Å². The van der Waals surface area contributed by atoms with E-state index in [-0.39, 0.29) is 17.1 Å². The second-order valence-electron chi connectivity index (χ2n) is 3.55. The van der Waals surface area contributed by atoms with Crippen LogP contribution in [0.2, 0.25) is 0 Å². The molecule has 0 spiro atoms. The van der Waals surface area contributed by atoms with Crippen molar-refractivity contribution in [3.05, 3.63) is 56.5 Å². The monoisotopic (exact) mass is 387 g/mol. The Morgan fingerprint density at radius 2 is 1.74 bits per heavy atom. The zero-order chi connectivity index (χ0) is 14.0. The summed E-state index contributed by atoms with van der Waals surface area (Å²) in [6, 6.07) is 8.88. The van der Waals surface area contributed by atoms with Gasteiger partial charge in [-0.1, -0.05) is 31.9 Å². The van der Waals surface area contributed by atoms with Crippen molar-refractivity contribution >= 4 is 31.9 Å². The molecule has 0 amide bonds. The predicted octanol–water partition coefficient (Wildman–Crippen LogP) is 5.15. The highest BCUT2D eigenvalue weighted by atomic mass is 79.9. The molecule has 0 bridgehead atoms. The van der Waals surface area contributed by atoms with Crippen LogP contribution in [0.5, 0.6) is 11.5 Å². The van der Waals surface area contributed by atoms with Gasteiger partial charge < -0.3 is 4.74 Å². The Hall–Kier alpha value is -1.45. The van der Waals surface area contributed by atoms with E-state index in [9.17, 15) is 8.78 Å². The van der Waals surface area contributed by atoms with Crippen LogP contribution in [0.4, 0.5) is 8.78 Å². The molecule has 0 N–H and O–H groups in total. The predicted molar refractivity (Wildman–Crippen MR) is 73.0 cm³/mol. The number of benzene rings is 2. The van der Waals surface area contributed by atoms with Crippen molar-refractivity contribution in [3.8, 4) is 17.6 Å². The quantitative estimate of drug-likeness (QED) is 0.666. The summed E-state index contributed by atoms with van der Waals surface area (Å²) in [5, 5.41) is 8.97. The number of nitrogens with zero attached hydrogens (tertiary/aromatic N) is 1. The maximum Gasteiger partial charge on any atom is 0.201 e. The molecule has 96 valence electrons. The van der Waals surface area contributed by atoms with Crippen LogP contribution in [0, 0.1) is 23.0 Å². The summed E-state index contributed by atoms with van der Waals surface area (Å²) in [6.45, 7) is 0. The minimum Gasteiger partial charge on any atom is -0.453 e. The highest BCUT2D eigenvalue weighted by molar-refractivity contribution is 9.10. The average Bonchev–Trinajstić information content (AvgIpc) is 2.37. The van der Waals surface area contributed by atoms with Crippen LogP contribution in [0.15, 0.2) is 39.3 Å². The molecule has 0 fully saturated rings. The van der Waals surface area contributed by atoms with Gasteiger partial charge in [0.2, 0.25) is 5.82 Å². The van der Waals surface area contributed by atoms with Crippen molar-refractivity contribution in [1.82, 2.24) is 0 Å². The van der Waals surface area contributed by atoms with Gasteiger partial charge in [-0.3, -0.25) is 0 Å². The fourth-order valence-corrected chi connectivity index (χ4v) is 2.17. The Morgan fingerprint density at radius 1 is 1.00 bits per heavy atom. The van der Waals surface area contributed by atoms with E-state index in [1.54, 1.807) is 6.07 Å². The van der Waals surface area contributed by atoms with E-state index in [4.69, 9.17) is 10.00 Å². The SMILES string of the molecule is N#Cc1cc(Br)ccc1Oc1cc(Br)cc(F)c1F. The molecule has 0 saturated heterocycles. The summed E-state index contributed by atoms with van der Waals surface area (Å²) in [5.41, 5.74) is 0.217. The van der Waals surface area contributed by atoms with E-state index >= 15 is 0 Å². The van der Waals surface area contributed by atoms with Gasteiger partial charge in [-0.15, -0.1) is 0 Å². The number of rotatable bonds is 2. The lowest BCUT2D eigenvalue weighted by atomic mass is 10.2. The van der Waals surface area contributed by atoms with Gasteiger partial charge in [0.05, 0.1) is 5.56 Å². The van der Waals surface area contributed by atoms with Crippen molar-refractivity contribution in [3.63, 3.8) is 0 Å². The van der Waals surface area contributed by atoms with Gasteiger partial charge in [0.15, 0.2) is 11.6 Å². The lowest BCUT2D eigenvalue weighted by Crippen LogP contribution is -1.94. The Bertz CT molecular complexity index is 683. The normalized spacial score (nSPS) is 10.1. The molecule has 2 nitrogen and oxygen atoms in total. The fraction of sp³-hybridized carbons (Fsp3) is 0. The molecule has 0 unspecified atom stereocenters. The van der Waals surface area contributed by atoms with Crippen molar-refractivity contribution in [2.45, 2.75) is 0 Å². The number of ether oxygens (including phenoxy) is 1. The Labute approximate surface area is 124 Å². The standard InChI is InChI=1S/C13H5Br2F2NO/c14-8-1-2-11(7(3-8)6-18)19-12-5-9(15)4-10(16)13(12)17/h1-5H. The molecule has 2 aromatic rings. The minimum absolute atomic E-state index is 0.155. The highest BCUT2D eigenvalue weighted by Crippen LogP contribution is 2.32. The lowest BCUT2D eigenvalue weighted by molar-refractivity contribution is 0.414. The fourth-order valence-electron chi connectivity index (χ4n) is 1.40. The first-order chi connectivity index (χ1) is 9.01. The van der Waals surface area contributed by atoms with E-state index in [1.165, 1.54) is 18.2 Å². The number of hydrogen-bond acceptors (Lipinski definition) is 2. The Kier molecular flexibility index (Phi) is 4.17. The third kappa shape index (κ3) is 3.11. The number of halogens is 4. The second kappa shape index (κ2) is 5.68. The second-order valence-corrected chi connectivity index (χ2v) is 5.39. The van der Waals surface area contributed by atoms with Gasteiger partial charge in [0, 0.05) is 8.95 Å². The summed E-state index contributed by atoms with van der Waals surface area (Å²) in [5.74, 6) is -2.26. The zero-order valence-electron chi connectivity index (χ0n) is 9.25. The summed E-state index contributed by atoms with van der Waals surface area (Å²) >= 11 is 6.26. The van der Waals surface area contributed by atoms with Crippen molar-refractivity contribution in [1.29, 1.82) is 5.26 Å². The van der Waals surface area contributed by atoms with Crippen LogP contribution in [-0.2, 0) is 0 Å². The van der Waals surface area contributed by atoms with Gasteiger partial charge in [-0.2, -0.15) is 9.65 Å². The van der Waals surface area contributed by atoms with Gasteiger partial charge in [0.1, 0.15) is 11.8 Å². The van der Waals surface area contributed by atoms with E-state index in [2.05, 4.69) is 31.9 Å². The third-order valence-corrected chi connectivity index (χ3v) is 3.19. The molecule has 0 aliphatic carbocycles. The Morgan fingerprint density at radius 3 is 2.42 bits per heavy atom. The topological polar surface area (TPSA) is 33.0 Å². The van der Waals surface area contributed by atoms with Crippen molar-refractivity contribution < 1.29 is 13.5 Å². The molecule has 0 radical (unpaired) electrons. The maximum absolute atomic E-state index is 13.6. The van der Waals surface area contributed by atoms with Crippen LogP contribution in [0.25, 0.3) is 0 Å². The van der Waals surface area contributed by atoms with Crippen LogP contribution in [0.1, 0.15) is 5.56 Å². The largest absolute Gasteiger partial charge is 0.453 e. The molecule has 6 heteroatoms. The summed E-state index contributed by atoms with van der Waals surface area (Å²) in [7, 11) is 0. The first kappa shape index (κ1) is 14.0. The molecule has 0 aromatic heterocycles. The summed E-state index contributed by atoms with van der Waals surface area (Å²) < 4.78 is 33.1. The molecule has 2 aromatic carbocycles. The van der Waals surface area contributed by atoms with Crippen LogP contribution in [0.3, 0.4) is 0 Å². The minimum atomic E-state index is -1.10. The molecule has 0 atom stereocenters. The third-order valence-electron chi connectivity index (χ3n) is 2.24. The maximum atomic E-state index is 13.6. The van der Waals surface area contributed by atoms with Crippen LogP contribution >= 0.6 is 31.9 Å². The molecule has 0 aliphatic heterocycles. The first-order valence-corrected chi connectivity index (χ1v) is 6.62. The van der Waals surface area contributed by atoms with Gasteiger partial charge in [-0.25, -0.2) is 4.39 Å². The Balaban J connectivity index is 2.45. The summed E-state index contributed by atoms with van der Waals surface area (Å²) in [6.07, 6.45) is 0. The van der Waals surface area contributed by atoms with Crippen molar-refractivity contribution in [2.75, 3.05) is 0 Å². The molecule has 19 heavy (non-hydrogen) atoms. The molecule has 0 heterocycles. The molecular formula is C13H5Br2F2NO. The first-order valence-electron chi connectivity index (χ1n) is 5.03. The van der Waals surface area contributed by atoms with Gasteiger partial charge in [-0.05, 0) is 30.3 Å². The van der Waals surface area contributed by atoms with Crippen molar-refractivity contribution in [2.24, 2.45) is 0 Å². The van der Waals surface area contributed by atoms with Gasteiger partial charge in [0.25, 0.3) is 0 Å². The summed E-state index contributed by atoms with van der Waals surface area (Å²) in [4.78, 5) is 0. The van der Waals surface area contributed by atoms with Crippen LogP contribution < -0.4 is 4.74 Å². The van der Waals surface area contributed by atoms with E-state index in [1.807, 2.05) is 6.07 Å². The average molecular weight is 389 g/mol. The van der Waals surface area contributed by atoms with E-state index in [0.29, 0.717) is 8.95 Å². The van der Waals surface area contributed by atoms with E-state index in [0.717, 1.165) is 6.07 Å². The molecule has 0 aliphatic rings. The zero-order valence-corrected chi connectivity index (χ0v) is 12.4. The van der Waals surface area contributed by atoms with Crippen LogP contribution in [-0.4, -0.2) is 0 Å². The molecule has 0 saturated carbocycles. The number of hydrogen-bond donors (Lipinski definition) is 0. The lowest BCUT2D eigenvalue weighted by Gasteiger charge is -2.09. The molecule has 2 rings (SSSR count). The molecular weight excluding hydrogens is 384 g/mol. The van der Waals surface area contributed by atoms with E-state index < -0.39 is 11.6 Å².